The Bertz CT molecular complexity index is 579. The molecule has 0 aliphatic carbocycles. The predicted octanol–water partition coefficient (Wildman–Crippen LogP) is 2.57. The van der Waals surface area contributed by atoms with Gasteiger partial charge in [0.1, 0.15) is 0 Å². The minimum Gasteiger partial charge on any atom is -0.292 e. The van der Waals surface area contributed by atoms with Crippen molar-refractivity contribution in [3.05, 3.63) is 54.4 Å². The second-order valence-corrected chi connectivity index (χ2v) is 4.88. The minimum absolute atomic E-state index is 0.0198. The van der Waals surface area contributed by atoms with Gasteiger partial charge in [0, 0.05) is 24.4 Å². The van der Waals surface area contributed by atoms with Crippen LogP contribution in [0.5, 0.6) is 0 Å². The molecule has 2 amide bonds. The number of carbonyl (C=O) groups is 2. The molecule has 1 unspecified atom stereocenters. The van der Waals surface area contributed by atoms with Crippen LogP contribution in [-0.4, -0.2) is 21.6 Å². The Hall–Kier alpha value is -2.43. The highest BCUT2D eigenvalue weighted by Gasteiger charge is 2.17. The molecular formula is C16H19N3O2. The molecule has 0 saturated heterocycles. The third-order valence-electron chi connectivity index (χ3n) is 3.23. The maximum atomic E-state index is 12.0. The average molecular weight is 285 g/mol. The molecule has 5 nitrogen and oxygen atoms in total. The lowest BCUT2D eigenvalue weighted by atomic mass is 10.1. The quantitative estimate of drug-likeness (QED) is 0.887. The smallest absolute Gasteiger partial charge is 0.257 e. The lowest BCUT2D eigenvalue weighted by Crippen LogP contribution is -2.32. The van der Waals surface area contributed by atoms with Gasteiger partial charge >= 0.3 is 0 Å². The van der Waals surface area contributed by atoms with Gasteiger partial charge in [0.2, 0.25) is 5.91 Å². The summed E-state index contributed by atoms with van der Waals surface area (Å²) in [4.78, 5) is 24.0. The molecule has 2 aromatic rings. The molecule has 1 atom stereocenters. The van der Waals surface area contributed by atoms with Crippen molar-refractivity contribution >= 4 is 11.8 Å². The summed E-state index contributed by atoms with van der Waals surface area (Å²) >= 11 is 0. The van der Waals surface area contributed by atoms with E-state index in [9.17, 15) is 9.59 Å². The van der Waals surface area contributed by atoms with E-state index in [0.717, 1.165) is 12.8 Å². The van der Waals surface area contributed by atoms with Gasteiger partial charge in [-0.05, 0) is 24.6 Å². The molecule has 0 aliphatic rings. The van der Waals surface area contributed by atoms with E-state index in [-0.39, 0.29) is 24.3 Å². The number of carbonyl (C=O) groups excluding carboxylic acids is 2. The normalized spacial score (nSPS) is 11.9. The summed E-state index contributed by atoms with van der Waals surface area (Å²) in [7, 11) is 0. The fraction of sp³-hybridized carbons (Fsp3) is 0.312. The van der Waals surface area contributed by atoms with E-state index in [1.807, 2.05) is 18.3 Å². The first-order valence-corrected chi connectivity index (χ1v) is 7.09. The van der Waals surface area contributed by atoms with Crippen molar-refractivity contribution in [2.45, 2.75) is 32.2 Å². The maximum Gasteiger partial charge on any atom is 0.257 e. The van der Waals surface area contributed by atoms with Gasteiger partial charge in [-0.3, -0.25) is 19.6 Å². The van der Waals surface area contributed by atoms with Gasteiger partial charge in [-0.1, -0.05) is 31.5 Å². The van der Waals surface area contributed by atoms with Crippen LogP contribution in [-0.2, 0) is 4.79 Å². The maximum absolute atomic E-state index is 12.0. The molecule has 21 heavy (non-hydrogen) atoms. The molecule has 0 aliphatic heterocycles. The standard InChI is InChI=1S/C16H19N3O2/c1-2-7-14(19-11-6-10-17-19)12-15(20)18-16(21)13-8-4-3-5-9-13/h3-6,8-11,14H,2,7,12H2,1H3,(H,18,20,21). The molecule has 0 radical (unpaired) electrons. The average Bonchev–Trinajstić information content (AvgIpc) is 3.02. The summed E-state index contributed by atoms with van der Waals surface area (Å²) in [5.74, 6) is -0.644. The van der Waals surface area contributed by atoms with E-state index in [1.165, 1.54) is 0 Å². The molecule has 0 bridgehead atoms. The third kappa shape index (κ3) is 4.27. The second-order valence-electron chi connectivity index (χ2n) is 4.88. The van der Waals surface area contributed by atoms with Gasteiger partial charge in [-0.25, -0.2) is 0 Å². The SMILES string of the molecule is CCCC(CC(=O)NC(=O)c1ccccc1)n1cccn1. The first kappa shape index (κ1) is 15.0. The van der Waals surface area contributed by atoms with E-state index in [4.69, 9.17) is 0 Å². The zero-order valence-corrected chi connectivity index (χ0v) is 12.0. The molecule has 0 spiro atoms. The number of benzene rings is 1. The lowest BCUT2D eigenvalue weighted by Gasteiger charge is -2.16. The van der Waals surface area contributed by atoms with Crippen LogP contribution in [0.1, 0.15) is 42.6 Å². The highest BCUT2D eigenvalue weighted by molar-refractivity contribution is 6.04. The Morgan fingerprint density at radius 3 is 2.62 bits per heavy atom. The number of hydrogen-bond donors (Lipinski definition) is 1. The van der Waals surface area contributed by atoms with Crippen LogP contribution < -0.4 is 5.32 Å². The summed E-state index contributed by atoms with van der Waals surface area (Å²) in [5, 5.41) is 6.61. The van der Waals surface area contributed by atoms with Crippen LogP contribution >= 0.6 is 0 Å². The fourth-order valence-corrected chi connectivity index (χ4v) is 2.21. The Morgan fingerprint density at radius 1 is 1.24 bits per heavy atom. The summed E-state index contributed by atoms with van der Waals surface area (Å²) in [6.45, 7) is 2.06. The number of imide groups is 1. The zero-order chi connectivity index (χ0) is 15.1. The fourth-order valence-electron chi connectivity index (χ4n) is 2.21. The van der Waals surface area contributed by atoms with Crippen molar-refractivity contribution < 1.29 is 9.59 Å². The molecule has 110 valence electrons. The van der Waals surface area contributed by atoms with E-state index < -0.39 is 0 Å². The molecule has 1 aromatic carbocycles. The van der Waals surface area contributed by atoms with Crippen LogP contribution in [0.2, 0.25) is 0 Å². The summed E-state index contributed by atoms with van der Waals surface area (Å²) < 4.78 is 1.77. The summed E-state index contributed by atoms with van der Waals surface area (Å²) in [6, 6.07) is 10.5. The van der Waals surface area contributed by atoms with Gasteiger partial charge in [0.25, 0.3) is 5.91 Å². The van der Waals surface area contributed by atoms with Crippen LogP contribution in [0, 0.1) is 0 Å². The van der Waals surface area contributed by atoms with Gasteiger partial charge in [-0.15, -0.1) is 0 Å². The van der Waals surface area contributed by atoms with Crippen LogP contribution in [0.4, 0.5) is 0 Å². The van der Waals surface area contributed by atoms with Gasteiger partial charge in [-0.2, -0.15) is 5.10 Å². The van der Waals surface area contributed by atoms with E-state index in [2.05, 4.69) is 17.3 Å². The summed E-state index contributed by atoms with van der Waals surface area (Å²) in [5.41, 5.74) is 0.483. The Morgan fingerprint density at radius 2 is 2.00 bits per heavy atom. The van der Waals surface area contributed by atoms with Gasteiger partial charge < -0.3 is 0 Å². The molecule has 0 fully saturated rings. The number of aromatic nitrogens is 2. The first-order valence-electron chi connectivity index (χ1n) is 7.09. The Kier molecular flexibility index (Phi) is 5.26. The molecule has 1 aromatic heterocycles. The number of amides is 2. The Labute approximate surface area is 124 Å². The number of nitrogens with zero attached hydrogens (tertiary/aromatic N) is 2. The third-order valence-corrected chi connectivity index (χ3v) is 3.23. The van der Waals surface area contributed by atoms with Crippen molar-refractivity contribution in [1.29, 1.82) is 0 Å². The molecule has 5 heteroatoms. The van der Waals surface area contributed by atoms with E-state index >= 15 is 0 Å². The van der Waals surface area contributed by atoms with Gasteiger partial charge in [0.15, 0.2) is 0 Å². The largest absolute Gasteiger partial charge is 0.292 e. The van der Waals surface area contributed by atoms with Crippen LogP contribution in [0.15, 0.2) is 48.8 Å². The number of hydrogen-bond acceptors (Lipinski definition) is 3. The van der Waals surface area contributed by atoms with Crippen molar-refractivity contribution in [2.24, 2.45) is 0 Å². The molecule has 1 heterocycles. The van der Waals surface area contributed by atoms with Crippen molar-refractivity contribution in [3.63, 3.8) is 0 Å². The second kappa shape index (κ2) is 7.38. The minimum atomic E-state index is -0.365. The molecule has 2 rings (SSSR count). The highest BCUT2D eigenvalue weighted by Crippen LogP contribution is 2.16. The van der Waals surface area contributed by atoms with Crippen molar-refractivity contribution in [3.8, 4) is 0 Å². The van der Waals surface area contributed by atoms with Crippen LogP contribution in [0.3, 0.4) is 0 Å². The molecular weight excluding hydrogens is 266 g/mol. The molecule has 0 saturated carbocycles. The monoisotopic (exact) mass is 285 g/mol. The highest BCUT2D eigenvalue weighted by atomic mass is 16.2. The number of rotatable bonds is 6. The number of nitrogens with one attached hydrogen (secondary N) is 1. The summed E-state index contributed by atoms with van der Waals surface area (Å²) in [6.07, 6.45) is 5.56. The Balaban J connectivity index is 1.95. The van der Waals surface area contributed by atoms with Gasteiger partial charge in [0.05, 0.1) is 6.04 Å². The van der Waals surface area contributed by atoms with Crippen molar-refractivity contribution in [1.82, 2.24) is 15.1 Å². The van der Waals surface area contributed by atoms with Crippen LogP contribution in [0.25, 0.3) is 0 Å². The molecule has 1 N–H and O–H groups in total. The predicted molar refractivity (Wildman–Crippen MR) is 79.7 cm³/mol. The van der Waals surface area contributed by atoms with E-state index in [0.29, 0.717) is 5.56 Å². The first-order chi connectivity index (χ1) is 10.2. The topological polar surface area (TPSA) is 64.0 Å². The van der Waals surface area contributed by atoms with Crippen molar-refractivity contribution in [2.75, 3.05) is 0 Å². The van der Waals surface area contributed by atoms with E-state index in [1.54, 1.807) is 35.1 Å². The zero-order valence-electron chi connectivity index (χ0n) is 12.0. The lowest BCUT2D eigenvalue weighted by molar-refractivity contribution is -0.121.